The first-order chi connectivity index (χ1) is 19.2. The molecule has 0 fully saturated rings. The largest absolute Gasteiger partial charge is 0.370 e. The van der Waals surface area contributed by atoms with Crippen LogP contribution in [0.25, 0.3) is 0 Å². The molecule has 40 heavy (non-hydrogen) atoms. The van der Waals surface area contributed by atoms with Gasteiger partial charge in [-0.3, -0.25) is 30.0 Å². The smallest absolute Gasteiger partial charge is 0.261 e. The average Bonchev–Trinajstić information content (AvgIpc) is 2.94. The van der Waals surface area contributed by atoms with Gasteiger partial charge in [-0.25, -0.2) is 0 Å². The second kappa shape index (κ2) is 13.5. The second-order valence-corrected chi connectivity index (χ2v) is 8.11. The van der Waals surface area contributed by atoms with Crippen LogP contribution in [0.3, 0.4) is 0 Å². The Balaban J connectivity index is 1.75. The monoisotopic (exact) mass is 538 g/mol. The standard InChI is InChI=1S/C28H26N8O4/c29-27(30)33-15-21(23(37)17-7-3-1-4-8-17)25(39)35-19-11-13-20(14-12-19)36-26(40)22(16-34-28(31)32)24(38)18-9-5-2-6-10-18/h1-16H,(H,35,39)(H,36,40)(H4,29,30,33)(H4,31,32,34)/b21-15+,22-16+. The van der Waals surface area contributed by atoms with Crippen molar-refractivity contribution in [1.82, 2.24) is 10.6 Å². The number of benzene rings is 3. The van der Waals surface area contributed by atoms with Crippen LogP contribution in [0.15, 0.2) is 108 Å². The summed E-state index contributed by atoms with van der Waals surface area (Å²) in [5.41, 5.74) is 11.2. The van der Waals surface area contributed by atoms with Crippen LogP contribution in [0.1, 0.15) is 20.7 Å². The summed E-state index contributed by atoms with van der Waals surface area (Å²) < 4.78 is 0. The highest BCUT2D eigenvalue weighted by molar-refractivity contribution is 6.29. The number of carbonyl (C=O) groups is 4. The number of hydrogen-bond acceptors (Lipinski definition) is 6. The molecule has 0 heterocycles. The molecule has 0 bridgehead atoms. The Kier molecular flexibility index (Phi) is 9.62. The van der Waals surface area contributed by atoms with Crippen LogP contribution in [-0.2, 0) is 9.59 Å². The lowest BCUT2D eigenvalue weighted by molar-refractivity contribution is -0.113. The quantitative estimate of drug-likeness (QED) is 0.0476. The number of nitrogens with two attached hydrogens (primary N) is 2. The third-order valence-corrected chi connectivity index (χ3v) is 5.20. The van der Waals surface area contributed by atoms with E-state index in [0.717, 1.165) is 12.4 Å². The molecule has 0 aliphatic rings. The van der Waals surface area contributed by atoms with Gasteiger partial charge in [-0.2, -0.15) is 0 Å². The predicted molar refractivity (Wildman–Crippen MR) is 152 cm³/mol. The molecule has 0 saturated heterocycles. The van der Waals surface area contributed by atoms with E-state index in [0.29, 0.717) is 11.4 Å². The van der Waals surface area contributed by atoms with Crippen molar-refractivity contribution >= 4 is 46.7 Å². The molecule has 3 aromatic carbocycles. The van der Waals surface area contributed by atoms with E-state index in [4.69, 9.17) is 22.3 Å². The maximum Gasteiger partial charge on any atom is 0.261 e. The molecular formula is C28H26N8O4. The molecule has 3 rings (SSSR count). The van der Waals surface area contributed by atoms with E-state index in [1.165, 1.54) is 24.3 Å². The minimum Gasteiger partial charge on any atom is -0.370 e. The highest BCUT2D eigenvalue weighted by Gasteiger charge is 2.22. The lowest BCUT2D eigenvalue weighted by atomic mass is 10.0. The maximum absolute atomic E-state index is 12.9. The molecule has 0 aromatic heterocycles. The summed E-state index contributed by atoms with van der Waals surface area (Å²) in [7, 11) is 0. The summed E-state index contributed by atoms with van der Waals surface area (Å²) in [4.78, 5) is 51.6. The summed E-state index contributed by atoms with van der Waals surface area (Å²) in [6.07, 6.45) is 2.10. The highest BCUT2D eigenvalue weighted by Crippen LogP contribution is 2.18. The zero-order valence-electron chi connectivity index (χ0n) is 21.0. The van der Waals surface area contributed by atoms with Gasteiger partial charge in [0.15, 0.2) is 23.5 Å². The van der Waals surface area contributed by atoms with E-state index in [1.807, 2.05) is 0 Å². The number of carbonyl (C=O) groups excluding carboxylic acids is 4. The Morgan fingerprint density at radius 3 is 1.18 bits per heavy atom. The molecule has 10 N–H and O–H groups in total. The molecular weight excluding hydrogens is 512 g/mol. The molecule has 0 unspecified atom stereocenters. The zero-order chi connectivity index (χ0) is 29.1. The van der Waals surface area contributed by atoms with E-state index >= 15 is 0 Å². The first kappa shape index (κ1) is 28.5. The Labute approximate surface area is 229 Å². The third kappa shape index (κ3) is 7.98. The number of Topliss-reactive ketones (excluding diaryl/α,β-unsaturated/α-hetero) is 2. The Morgan fingerprint density at radius 2 is 0.875 bits per heavy atom. The summed E-state index contributed by atoms with van der Waals surface area (Å²) >= 11 is 0. The van der Waals surface area contributed by atoms with E-state index in [-0.39, 0.29) is 22.3 Å². The van der Waals surface area contributed by atoms with Crippen molar-refractivity contribution in [3.8, 4) is 0 Å². The molecule has 3 aromatic rings. The van der Waals surface area contributed by atoms with Gasteiger partial charge in [0.25, 0.3) is 11.8 Å². The Hall–Kier alpha value is -6.04. The lowest BCUT2D eigenvalue weighted by Crippen LogP contribution is -2.29. The van der Waals surface area contributed by atoms with Gasteiger partial charge in [0.05, 0.1) is 0 Å². The van der Waals surface area contributed by atoms with Gasteiger partial charge in [-0.05, 0) is 24.3 Å². The molecule has 0 aliphatic carbocycles. The minimum atomic E-state index is -0.756. The van der Waals surface area contributed by atoms with Gasteiger partial charge in [0.2, 0.25) is 0 Å². The van der Waals surface area contributed by atoms with E-state index in [2.05, 4.69) is 21.3 Å². The van der Waals surface area contributed by atoms with Crippen molar-refractivity contribution in [1.29, 1.82) is 10.8 Å². The van der Waals surface area contributed by atoms with E-state index in [1.54, 1.807) is 60.7 Å². The SMILES string of the molecule is N=C(N)N/C=C(/C(=O)Nc1ccc(NC(=O)/C(=C/NC(=N)N)C(=O)c2ccccc2)cc1)C(=O)c1ccccc1. The first-order valence-corrected chi connectivity index (χ1v) is 11.7. The van der Waals surface area contributed by atoms with E-state index in [9.17, 15) is 19.2 Å². The molecule has 0 radical (unpaired) electrons. The normalized spacial score (nSPS) is 11.1. The van der Waals surface area contributed by atoms with Crippen molar-refractivity contribution in [2.75, 3.05) is 10.6 Å². The molecule has 0 atom stereocenters. The average molecular weight is 539 g/mol. The lowest BCUT2D eigenvalue weighted by Gasteiger charge is -2.11. The van der Waals surface area contributed by atoms with Crippen LogP contribution in [0.5, 0.6) is 0 Å². The van der Waals surface area contributed by atoms with Crippen LogP contribution in [0, 0.1) is 10.8 Å². The molecule has 12 nitrogen and oxygen atoms in total. The van der Waals surface area contributed by atoms with Crippen molar-refractivity contribution in [3.63, 3.8) is 0 Å². The zero-order valence-corrected chi connectivity index (χ0v) is 21.0. The second-order valence-electron chi connectivity index (χ2n) is 8.11. The van der Waals surface area contributed by atoms with Gasteiger partial charge in [0.1, 0.15) is 11.1 Å². The molecule has 0 spiro atoms. The van der Waals surface area contributed by atoms with E-state index < -0.39 is 35.3 Å². The maximum atomic E-state index is 12.9. The molecule has 12 heteroatoms. The summed E-state index contributed by atoms with van der Waals surface area (Å²) in [6.45, 7) is 0. The predicted octanol–water partition coefficient (Wildman–Crippen LogP) is 2.06. The highest BCUT2D eigenvalue weighted by atomic mass is 16.2. The van der Waals surface area contributed by atoms with Crippen LogP contribution >= 0.6 is 0 Å². The van der Waals surface area contributed by atoms with Crippen molar-refractivity contribution in [3.05, 3.63) is 120 Å². The molecule has 0 saturated carbocycles. The number of ketones is 2. The van der Waals surface area contributed by atoms with Gasteiger partial charge in [-0.15, -0.1) is 0 Å². The fourth-order valence-electron chi connectivity index (χ4n) is 3.29. The fourth-order valence-corrected chi connectivity index (χ4v) is 3.29. The van der Waals surface area contributed by atoms with Crippen molar-refractivity contribution < 1.29 is 19.2 Å². The number of amides is 2. The number of nitrogens with one attached hydrogen (secondary N) is 6. The number of guanidine groups is 2. The van der Waals surface area contributed by atoms with Crippen molar-refractivity contribution in [2.24, 2.45) is 11.5 Å². The molecule has 2 amide bonds. The summed E-state index contributed by atoms with van der Waals surface area (Å²) in [6, 6.07) is 22.2. The van der Waals surface area contributed by atoms with Crippen molar-refractivity contribution in [2.45, 2.75) is 0 Å². The molecule has 0 aliphatic heterocycles. The Morgan fingerprint density at radius 1 is 0.550 bits per heavy atom. The summed E-state index contributed by atoms with van der Waals surface area (Å²) in [5.74, 6) is -3.59. The van der Waals surface area contributed by atoms with Crippen LogP contribution in [0.4, 0.5) is 11.4 Å². The van der Waals surface area contributed by atoms with Gasteiger partial charge in [0, 0.05) is 34.9 Å². The third-order valence-electron chi connectivity index (χ3n) is 5.20. The van der Waals surface area contributed by atoms with Crippen LogP contribution < -0.4 is 32.7 Å². The fraction of sp³-hybridized carbons (Fsp3) is 0. The number of hydrogen-bond donors (Lipinski definition) is 8. The van der Waals surface area contributed by atoms with Gasteiger partial charge >= 0.3 is 0 Å². The number of rotatable bonds is 10. The molecule has 202 valence electrons. The van der Waals surface area contributed by atoms with Gasteiger partial charge in [-0.1, -0.05) is 60.7 Å². The van der Waals surface area contributed by atoms with Gasteiger partial charge < -0.3 is 32.7 Å². The summed E-state index contributed by atoms with van der Waals surface area (Å²) in [5, 5.41) is 24.5. The topological polar surface area (TPSA) is 216 Å². The number of anilines is 2. The Bertz CT molecular complexity index is 1380. The van der Waals surface area contributed by atoms with Crippen LogP contribution in [0.2, 0.25) is 0 Å². The van der Waals surface area contributed by atoms with Crippen LogP contribution in [-0.4, -0.2) is 35.3 Å². The first-order valence-electron chi connectivity index (χ1n) is 11.7. The minimum absolute atomic E-state index is 0.264.